The number of nitrogens with one attached hydrogen (secondary N) is 2. The number of nitrogens with two attached hydrogens (primary N) is 1. The number of anilines is 1. The zero-order valence-corrected chi connectivity index (χ0v) is 8.71. The van der Waals surface area contributed by atoms with Gasteiger partial charge < -0.3 is 16.2 Å². The molecule has 0 aromatic carbocycles. The first-order valence-electron chi connectivity index (χ1n) is 4.83. The molecule has 1 heterocycles. The molecule has 0 saturated heterocycles. The third-order valence-electron chi connectivity index (χ3n) is 2.02. The van der Waals surface area contributed by atoms with Crippen molar-refractivity contribution in [1.29, 1.82) is 0 Å². The van der Waals surface area contributed by atoms with Gasteiger partial charge in [-0.2, -0.15) is 0 Å². The molecule has 1 rings (SSSR count). The van der Waals surface area contributed by atoms with Gasteiger partial charge in [-0.3, -0.25) is 9.78 Å². The van der Waals surface area contributed by atoms with Crippen LogP contribution >= 0.6 is 0 Å². The number of aromatic amines is 1. The molecule has 5 N–H and O–H groups in total. The summed E-state index contributed by atoms with van der Waals surface area (Å²) >= 11 is 0. The molecule has 0 bridgehead atoms. The molecule has 84 valence electrons. The highest BCUT2D eigenvalue weighted by Crippen LogP contribution is 2.02. The van der Waals surface area contributed by atoms with Crippen molar-refractivity contribution in [1.82, 2.24) is 9.97 Å². The van der Waals surface area contributed by atoms with E-state index in [0.717, 1.165) is 0 Å². The minimum atomic E-state index is -0.212. The molecule has 0 amide bonds. The molecule has 6 heteroatoms. The average molecular weight is 212 g/mol. The lowest BCUT2D eigenvalue weighted by atomic mass is 10.2. The molecule has 6 nitrogen and oxygen atoms in total. The van der Waals surface area contributed by atoms with Crippen molar-refractivity contribution in [2.75, 3.05) is 25.0 Å². The van der Waals surface area contributed by atoms with Crippen LogP contribution in [0.4, 0.5) is 5.95 Å². The molecule has 0 aliphatic carbocycles. The normalized spacial score (nSPS) is 10.3. The topological polar surface area (TPSA) is 104 Å². The van der Waals surface area contributed by atoms with E-state index in [-0.39, 0.29) is 12.2 Å². The Kier molecular flexibility index (Phi) is 4.26. The number of hydrogen-bond acceptors (Lipinski definition) is 5. The summed E-state index contributed by atoms with van der Waals surface area (Å²) in [6, 6.07) is 0. The van der Waals surface area contributed by atoms with Crippen LogP contribution < -0.4 is 16.6 Å². The van der Waals surface area contributed by atoms with E-state index in [1.807, 2.05) is 0 Å². The summed E-state index contributed by atoms with van der Waals surface area (Å²) in [6.07, 6.45) is 0.325. The van der Waals surface area contributed by atoms with Crippen molar-refractivity contribution in [3.8, 4) is 0 Å². The lowest BCUT2D eigenvalue weighted by Crippen LogP contribution is -2.22. The van der Waals surface area contributed by atoms with E-state index in [1.165, 1.54) is 0 Å². The van der Waals surface area contributed by atoms with Crippen LogP contribution in [0.15, 0.2) is 4.79 Å². The Balaban J connectivity index is 2.92. The number of aliphatic hydroxyl groups excluding tert-OH is 1. The minimum absolute atomic E-state index is 0.0544. The fourth-order valence-corrected chi connectivity index (χ4v) is 1.29. The Bertz CT molecular complexity index is 375. The zero-order valence-electron chi connectivity index (χ0n) is 8.71. The lowest BCUT2D eigenvalue weighted by Gasteiger charge is -2.07. The van der Waals surface area contributed by atoms with Crippen molar-refractivity contribution in [3.63, 3.8) is 0 Å². The number of H-pyrrole nitrogens is 1. The Hall–Kier alpha value is -1.40. The van der Waals surface area contributed by atoms with Crippen LogP contribution in [0, 0.1) is 6.92 Å². The van der Waals surface area contributed by atoms with E-state index in [9.17, 15) is 4.79 Å². The van der Waals surface area contributed by atoms with Crippen LogP contribution in [0.3, 0.4) is 0 Å². The van der Waals surface area contributed by atoms with Gasteiger partial charge in [-0.1, -0.05) is 0 Å². The van der Waals surface area contributed by atoms with Gasteiger partial charge in [0.05, 0.1) is 5.69 Å². The summed E-state index contributed by atoms with van der Waals surface area (Å²) in [7, 11) is 0. The maximum Gasteiger partial charge on any atom is 0.255 e. The Morgan fingerprint density at radius 3 is 2.87 bits per heavy atom. The van der Waals surface area contributed by atoms with Gasteiger partial charge in [0.2, 0.25) is 5.95 Å². The van der Waals surface area contributed by atoms with Gasteiger partial charge in [-0.25, -0.2) is 4.98 Å². The molecular formula is C9H16N4O2. The molecule has 0 fully saturated rings. The number of rotatable bonds is 5. The van der Waals surface area contributed by atoms with Crippen molar-refractivity contribution in [3.05, 3.63) is 21.6 Å². The number of hydrogen-bond donors (Lipinski definition) is 4. The number of aliphatic hydroxyl groups is 1. The molecule has 15 heavy (non-hydrogen) atoms. The highest BCUT2D eigenvalue weighted by atomic mass is 16.3. The summed E-state index contributed by atoms with van der Waals surface area (Å²) in [6.45, 7) is 2.72. The first kappa shape index (κ1) is 11.7. The molecule has 0 aliphatic rings. The molecule has 0 unspecified atom stereocenters. The van der Waals surface area contributed by atoms with Crippen LogP contribution in [-0.2, 0) is 6.42 Å². The van der Waals surface area contributed by atoms with E-state index in [2.05, 4.69) is 15.3 Å². The van der Waals surface area contributed by atoms with Crippen LogP contribution in [-0.4, -0.2) is 34.8 Å². The third kappa shape index (κ3) is 3.03. The third-order valence-corrected chi connectivity index (χ3v) is 2.02. The van der Waals surface area contributed by atoms with Crippen LogP contribution in [0.1, 0.15) is 11.3 Å². The maximum atomic E-state index is 11.5. The predicted molar refractivity (Wildman–Crippen MR) is 57.9 cm³/mol. The van der Waals surface area contributed by atoms with Gasteiger partial charge in [0.1, 0.15) is 0 Å². The second-order valence-corrected chi connectivity index (χ2v) is 3.17. The van der Waals surface area contributed by atoms with Gasteiger partial charge in [0, 0.05) is 31.7 Å². The number of nitrogens with zero attached hydrogens (tertiary/aromatic N) is 1. The monoisotopic (exact) mass is 212 g/mol. The van der Waals surface area contributed by atoms with E-state index in [1.54, 1.807) is 6.92 Å². The van der Waals surface area contributed by atoms with E-state index in [0.29, 0.717) is 36.7 Å². The van der Waals surface area contributed by atoms with E-state index < -0.39 is 0 Å². The van der Waals surface area contributed by atoms with Crippen LogP contribution in [0.2, 0.25) is 0 Å². The first-order valence-corrected chi connectivity index (χ1v) is 4.83. The van der Waals surface area contributed by atoms with Crippen LogP contribution in [0.25, 0.3) is 0 Å². The first-order chi connectivity index (χ1) is 7.19. The van der Waals surface area contributed by atoms with Gasteiger partial charge >= 0.3 is 0 Å². The van der Waals surface area contributed by atoms with Gasteiger partial charge in [0.25, 0.3) is 5.56 Å². The van der Waals surface area contributed by atoms with Crippen molar-refractivity contribution in [2.24, 2.45) is 5.73 Å². The fourth-order valence-electron chi connectivity index (χ4n) is 1.29. The van der Waals surface area contributed by atoms with E-state index in [4.69, 9.17) is 10.8 Å². The smallest absolute Gasteiger partial charge is 0.255 e. The molecule has 0 aliphatic heterocycles. The van der Waals surface area contributed by atoms with E-state index >= 15 is 0 Å². The standard InChI is InChI=1S/C9H16N4O2/c1-6-7(2-5-14)8(15)13-9(12-6)11-4-3-10/h14H,2-5,10H2,1H3,(H2,11,12,13,15). The quantitative estimate of drug-likeness (QED) is 0.500. The van der Waals surface area contributed by atoms with Gasteiger partial charge in [0.15, 0.2) is 0 Å². The van der Waals surface area contributed by atoms with Crippen molar-refractivity contribution >= 4 is 5.95 Å². The molecule has 1 aromatic heterocycles. The van der Waals surface area contributed by atoms with Crippen molar-refractivity contribution < 1.29 is 5.11 Å². The number of aromatic nitrogens is 2. The highest BCUT2D eigenvalue weighted by Gasteiger charge is 2.06. The summed E-state index contributed by atoms with van der Waals surface area (Å²) in [5.74, 6) is 0.421. The summed E-state index contributed by atoms with van der Waals surface area (Å²) in [5, 5.41) is 11.7. The molecule has 1 aromatic rings. The molecule has 0 radical (unpaired) electrons. The fraction of sp³-hybridized carbons (Fsp3) is 0.556. The highest BCUT2D eigenvalue weighted by molar-refractivity contribution is 5.29. The lowest BCUT2D eigenvalue weighted by molar-refractivity contribution is 0.298. The zero-order chi connectivity index (χ0) is 11.3. The molecule has 0 atom stereocenters. The van der Waals surface area contributed by atoms with Gasteiger partial charge in [-0.15, -0.1) is 0 Å². The Morgan fingerprint density at radius 2 is 2.33 bits per heavy atom. The molecule has 0 spiro atoms. The summed E-state index contributed by atoms with van der Waals surface area (Å²) in [4.78, 5) is 18.3. The average Bonchev–Trinajstić information content (AvgIpc) is 2.20. The molecular weight excluding hydrogens is 196 g/mol. The van der Waals surface area contributed by atoms with Crippen molar-refractivity contribution in [2.45, 2.75) is 13.3 Å². The van der Waals surface area contributed by atoms with Crippen LogP contribution in [0.5, 0.6) is 0 Å². The van der Waals surface area contributed by atoms with Gasteiger partial charge in [-0.05, 0) is 6.92 Å². The maximum absolute atomic E-state index is 11.5. The predicted octanol–water partition coefficient (Wildman–Crippen LogP) is -1.02. The summed E-state index contributed by atoms with van der Waals surface area (Å²) < 4.78 is 0. The molecule has 0 saturated carbocycles. The Labute approximate surface area is 87.5 Å². The Morgan fingerprint density at radius 1 is 1.60 bits per heavy atom. The SMILES string of the molecule is Cc1nc(NCCN)[nH]c(=O)c1CCO. The number of aryl methyl sites for hydroxylation is 1. The largest absolute Gasteiger partial charge is 0.396 e. The minimum Gasteiger partial charge on any atom is -0.396 e. The second-order valence-electron chi connectivity index (χ2n) is 3.17. The second kappa shape index (κ2) is 5.47. The summed E-state index contributed by atoms with van der Waals surface area (Å²) in [5.41, 5.74) is 6.26.